The molecule has 5 nitrogen and oxygen atoms in total. The highest BCUT2D eigenvalue weighted by molar-refractivity contribution is 14.0. The van der Waals surface area contributed by atoms with Crippen LogP contribution in [-0.4, -0.2) is 28.4 Å². The lowest BCUT2D eigenvalue weighted by Gasteiger charge is -2.10. The molecule has 0 fully saturated rings. The summed E-state index contributed by atoms with van der Waals surface area (Å²) in [6.45, 7) is 4.26. The quantitative estimate of drug-likeness (QED) is 0.318. The largest absolute Gasteiger partial charge is 0.357 e. The Balaban J connectivity index is 0.00000243. The minimum Gasteiger partial charge on any atom is -0.357 e. The normalized spacial score (nSPS) is 11.2. The molecule has 0 spiro atoms. The van der Waals surface area contributed by atoms with Gasteiger partial charge in [-0.3, -0.25) is 0 Å². The van der Waals surface area contributed by atoms with E-state index in [0.29, 0.717) is 6.54 Å². The van der Waals surface area contributed by atoms with Crippen molar-refractivity contribution in [2.75, 3.05) is 13.1 Å². The Morgan fingerprint density at radius 1 is 1.15 bits per heavy atom. The number of aliphatic imine (C=N–C) groups is 1. The van der Waals surface area contributed by atoms with E-state index >= 15 is 0 Å². The maximum absolute atomic E-state index is 5.91. The fourth-order valence-electron chi connectivity index (χ4n) is 2.52. The van der Waals surface area contributed by atoms with Crippen molar-refractivity contribution < 1.29 is 0 Å². The molecule has 2 aromatic heterocycles. The van der Waals surface area contributed by atoms with Crippen molar-refractivity contribution >= 4 is 47.2 Å². The molecule has 0 saturated carbocycles. The average Bonchev–Trinajstić information content (AvgIpc) is 3.04. The number of rotatable bonds is 6. The van der Waals surface area contributed by atoms with Crippen LogP contribution in [0.2, 0.25) is 5.02 Å². The zero-order chi connectivity index (χ0) is 17.5. The van der Waals surface area contributed by atoms with Crippen LogP contribution < -0.4 is 10.6 Å². The number of aromatic nitrogens is 2. The molecular weight excluding hydrogens is 461 g/mol. The number of pyridine rings is 1. The molecule has 0 aliphatic carbocycles. The number of hydrogen-bond donors (Lipinski definition) is 2. The average molecular weight is 484 g/mol. The molecule has 2 N–H and O–H groups in total. The first-order chi connectivity index (χ1) is 12.2. The summed E-state index contributed by atoms with van der Waals surface area (Å²) in [6.07, 6.45) is 4.92. The van der Waals surface area contributed by atoms with Gasteiger partial charge in [0.15, 0.2) is 5.96 Å². The van der Waals surface area contributed by atoms with Gasteiger partial charge in [-0.2, -0.15) is 0 Å². The summed E-state index contributed by atoms with van der Waals surface area (Å²) in [6, 6.07) is 13.8. The van der Waals surface area contributed by atoms with Crippen LogP contribution in [0.1, 0.15) is 18.2 Å². The van der Waals surface area contributed by atoms with E-state index in [4.69, 9.17) is 11.6 Å². The summed E-state index contributed by atoms with van der Waals surface area (Å²) in [5, 5.41) is 7.36. The summed E-state index contributed by atoms with van der Waals surface area (Å²) in [5.41, 5.74) is 3.16. The Bertz CT molecular complexity index is 812. The minimum absolute atomic E-state index is 0. The molecule has 0 unspecified atom stereocenters. The number of halogens is 2. The molecule has 3 aromatic rings. The zero-order valence-electron chi connectivity index (χ0n) is 14.7. The van der Waals surface area contributed by atoms with Gasteiger partial charge >= 0.3 is 0 Å². The van der Waals surface area contributed by atoms with E-state index in [1.165, 1.54) is 0 Å². The lowest BCUT2D eigenvalue weighted by Crippen LogP contribution is -2.38. The number of benzene rings is 1. The van der Waals surface area contributed by atoms with Gasteiger partial charge in [0.05, 0.1) is 12.2 Å². The maximum Gasteiger partial charge on any atom is 0.191 e. The third kappa shape index (κ3) is 5.88. The van der Waals surface area contributed by atoms with E-state index in [2.05, 4.69) is 33.7 Å². The number of fused-ring (bicyclic) bond motifs is 1. The van der Waals surface area contributed by atoms with Crippen LogP contribution in [0.25, 0.3) is 5.65 Å². The molecule has 3 rings (SSSR count). The lowest BCUT2D eigenvalue weighted by atomic mass is 10.2. The second-order valence-corrected chi connectivity index (χ2v) is 6.13. The topological polar surface area (TPSA) is 53.7 Å². The highest BCUT2D eigenvalue weighted by atomic mass is 127. The van der Waals surface area contributed by atoms with E-state index in [-0.39, 0.29) is 24.0 Å². The smallest absolute Gasteiger partial charge is 0.191 e. The summed E-state index contributed by atoms with van der Waals surface area (Å²) in [7, 11) is 0. The Morgan fingerprint density at radius 3 is 2.69 bits per heavy atom. The molecular formula is C19H23ClIN5. The van der Waals surface area contributed by atoms with Gasteiger partial charge in [-0.05, 0) is 36.8 Å². The first-order valence-corrected chi connectivity index (χ1v) is 8.81. The molecule has 1 aromatic carbocycles. The molecule has 0 amide bonds. The molecule has 0 aliphatic heterocycles. The van der Waals surface area contributed by atoms with Crippen LogP contribution in [0.3, 0.4) is 0 Å². The molecule has 0 aliphatic rings. The molecule has 0 atom stereocenters. The standard InChI is InChI=1S/C19H22ClN5.HI/c1-2-21-19(23-13-15-6-8-16(20)9-7-15)22-11-10-17-14-25-12-4-3-5-18(25)24-17;/h3-9,12,14H,2,10-11,13H2,1H3,(H2,21,22,23);1H. The van der Waals surface area contributed by atoms with Crippen molar-refractivity contribution in [3.8, 4) is 0 Å². The maximum atomic E-state index is 5.91. The molecule has 138 valence electrons. The third-order valence-corrected chi connectivity index (χ3v) is 4.02. The fourth-order valence-corrected chi connectivity index (χ4v) is 2.64. The Labute approximate surface area is 175 Å². The number of nitrogens with one attached hydrogen (secondary N) is 2. The Morgan fingerprint density at radius 2 is 1.96 bits per heavy atom. The molecule has 26 heavy (non-hydrogen) atoms. The second-order valence-electron chi connectivity index (χ2n) is 5.70. The summed E-state index contributed by atoms with van der Waals surface area (Å²) >= 11 is 5.91. The predicted molar refractivity (Wildman–Crippen MR) is 119 cm³/mol. The summed E-state index contributed by atoms with van der Waals surface area (Å²) in [5.74, 6) is 0.807. The highest BCUT2D eigenvalue weighted by Gasteiger charge is 2.02. The Kier molecular flexibility index (Phi) is 8.18. The minimum atomic E-state index is 0. The fraction of sp³-hybridized carbons (Fsp3) is 0.263. The van der Waals surface area contributed by atoms with Gasteiger partial charge in [0.2, 0.25) is 0 Å². The highest BCUT2D eigenvalue weighted by Crippen LogP contribution is 2.10. The third-order valence-electron chi connectivity index (χ3n) is 3.76. The van der Waals surface area contributed by atoms with Crippen LogP contribution in [0.5, 0.6) is 0 Å². The molecule has 0 radical (unpaired) electrons. The van der Waals surface area contributed by atoms with Crippen LogP contribution in [0.4, 0.5) is 0 Å². The van der Waals surface area contributed by atoms with Crippen LogP contribution >= 0.6 is 35.6 Å². The lowest BCUT2D eigenvalue weighted by molar-refractivity contribution is 0.791. The van der Waals surface area contributed by atoms with E-state index in [9.17, 15) is 0 Å². The van der Waals surface area contributed by atoms with E-state index in [0.717, 1.165) is 47.4 Å². The van der Waals surface area contributed by atoms with Crippen molar-refractivity contribution in [3.05, 3.63) is 71.1 Å². The van der Waals surface area contributed by atoms with Gasteiger partial charge in [-0.15, -0.1) is 24.0 Å². The van der Waals surface area contributed by atoms with Gasteiger partial charge in [-0.1, -0.05) is 29.8 Å². The van der Waals surface area contributed by atoms with Crippen molar-refractivity contribution in [3.63, 3.8) is 0 Å². The zero-order valence-corrected chi connectivity index (χ0v) is 17.7. The van der Waals surface area contributed by atoms with E-state index < -0.39 is 0 Å². The number of nitrogens with zero attached hydrogens (tertiary/aromatic N) is 3. The predicted octanol–water partition coefficient (Wildman–Crippen LogP) is 3.90. The van der Waals surface area contributed by atoms with E-state index in [1.807, 2.05) is 53.1 Å². The first-order valence-electron chi connectivity index (χ1n) is 8.44. The van der Waals surface area contributed by atoms with E-state index in [1.54, 1.807) is 0 Å². The molecule has 2 heterocycles. The van der Waals surface area contributed by atoms with Gasteiger partial charge < -0.3 is 15.0 Å². The van der Waals surface area contributed by atoms with Crippen LogP contribution in [0.15, 0.2) is 59.9 Å². The van der Waals surface area contributed by atoms with Gasteiger partial charge in [-0.25, -0.2) is 9.98 Å². The van der Waals surface area contributed by atoms with Crippen LogP contribution in [0, 0.1) is 0 Å². The first kappa shape index (κ1) is 20.5. The van der Waals surface area contributed by atoms with Crippen LogP contribution in [-0.2, 0) is 13.0 Å². The Hall–Kier alpha value is -1.80. The second kappa shape index (κ2) is 10.4. The van der Waals surface area contributed by atoms with Crippen molar-refractivity contribution in [1.82, 2.24) is 20.0 Å². The molecule has 7 heteroatoms. The van der Waals surface area contributed by atoms with Crippen molar-refractivity contribution in [2.24, 2.45) is 4.99 Å². The van der Waals surface area contributed by atoms with Crippen molar-refractivity contribution in [1.29, 1.82) is 0 Å². The molecule has 0 bridgehead atoms. The SMILES string of the molecule is CCNC(=NCc1ccc(Cl)cc1)NCCc1cn2ccccc2n1.I. The van der Waals surface area contributed by atoms with Gasteiger partial charge in [0.25, 0.3) is 0 Å². The number of hydrogen-bond acceptors (Lipinski definition) is 2. The molecule has 0 saturated heterocycles. The van der Waals surface area contributed by atoms with Gasteiger partial charge in [0.1, 0.15) is 5.65 Å². The monoisotopic (exact) mass is 483 g/mol. The summed E-state index contributed by atoms with van der Waals surface area (Å²) in [4.78, 5) is 9.22. The van der Waals surface area contributed by atoms with Crippen molar-refractivity contribution in [2.45, 2.75) is 19.9 Å². The number of imidazole rings is 1. The van der Waals surface area contributed by atoms with Gasteiger partial charge in [0, 0.05) is 36.9 Å². The summed E-state index contributed by atoms with van der Waals surface area (Å²) < 4.78 is 2.04. The number of guanidine groups is 1.